The van der Waals surface area contributed by atoms with Gasteiger partial charge < -0.3 is 18.6 Å². The van der Waals surface area contributed by atoms with Crippen LogP contribution in [0.5, 0.6) is 11.6 Å². The molecule has 47 heavy (non-hydrogen) atoms. The predicted molar refractivity (Wildman–Crippen MR) is 178 cm³/mol. The SMILES string of the molecule is CCc1ccc(-c2cc3cc(OCCCCCCCCCOC(=O)C(C)(C)C(C)(C)C(C)(C)C)ncc3oc2=O)cc1OC(F)(F)F. The number of carbonyl (C=O) groups is 1. The van der Waals surface area contributed by atoms with Gasteiger partial charge in [0.25, 0.3) is 0 Å². The minimum atomic E-state index is -4.85. The van der Waals surface area contributed by atoms with Gasteiger partial charge in [-0.25, -0.2) is 9.78 Å². The van der Waals surface area contributed by atoms with Crippen molar-refractivity contribution in [2.45, 2.75) is 113 Å². The van der Waals surface area contributed by atoms with E-state index in [1.165, 1.54) is 18.3 Å². The number of ether oxygens (including phenoxy) is 3. The van der Waals surface area contributed by atoms with Gasteiger partial charge in [0.05, 0.1) is 30.4 Å². The van der Waals surface area contributed by atoms with E-state index in [1.807, 2.05) is 13.8 Å². The van der Waals surface area contributed by atoms with Crippen molar-refractivity contribution in [1.29, 1.82) is 0 Å². The van der Waals surface area contributed by atoms with Crippen molar-refractivity contribution in [2.24, 2.45) is 16.2 Å². The number of unbranched alkanes of at least 4 members (excludes halogenated alkanes) is 6. The van der Waals surface area contributed by atoms with Gasteiger partial charge >= 0.3 is 18.0 Å². The molecule has 2 heterocycles. The molecule has 10 heteroatoms. The van der Waals surface area contributed by atoms with Gasteiger partial charge in [-0.3, -0.25) is 4.79 Å². The number of carbonyl (C=O) groups excluding carboxylic acids is 1. The second-order valence-corrected chi connectivity index (χ2v) is 14.2. The molecule has 0 aliphatic heterocycles. The van der Waals surface area contributed by atoms with Crippen LogP contribution in [0.1, 0.15) is 106 Å². The summed E-state index contributed by atoms with van der Waals surface area (Å²) in [5.74, 6) is -0.126. The molecule has 0 amide bonds. The standard InChI is InChI=1S/C37H50F3NO6/c1-9-25-17-18-26(22-29(25)47-37(38,39)40)28-21-27-23-31(41-24-30(27)46-32(28)42)44-19-15-13-11-10-12-14-16-20-45-33(43)35(5,6)36(7,8)34(2,3)4/h17-18,21-24H,9-16,19-20H2,1-8H3. The molecule has 0 fully saturated rings. The normalized spacial score (nSPS) is 12.7. The van der Waals surface area contributed by atoms with Crippen LogP contribution in [-0.4, -0.2) is 30.5 Å². The zero-order chi connectivity index (χ0) is 35.0. The minimum Gasteiger partial charge on any atom is -0.478 e. The average molecular weight is 662 g/mol. The number of aromatic nitrogens is 1. The molecular weight excluding hydrogens is 611 g/mol. The highest BCUT2D eigenvalue weighted by atomic mass is 19.4. The van der Waals surface area contributed by atoms with Crippen LogP contribution in [0.15, 0.2) is 45.7 Å². The van der Waals surface area contributed by atoms with Gasteiger partial charge in [0.1, 0.15) is 5.75 Å². The zero-order valence-corrected chi connectivity index (χ0v) is 29.1. The van der Waals surface area contributed by atoms with E-state index >= 15 is 0 Å². The zero-order valence-electron chi connectivity index (χ0n) is 29.1. The third-order valence-corrected chi connectivity index (χ3v) is 9.80. The lowest BCUT2D eigenvalue weighted by Gasteiger charge is -2.48. The first-order valence-corrected chi connectivity index (χ1v) is 16.5. The van der Waals surface area contributed by atoms with E-state index in [9.17, 15) is 22.8 Å². The van der Waals surface area contributed by atoms with E-state index in [0.717, 1.165) is 44.9 Å². The van der Waals surface area contributed by atoms with Crippen molar-refractivity contribution in [2.75, 3.05) is 13.2 Å². The smallest absolute Gasteiger partial charge is 0.478 e. The third kappa shape index (κ3) is 9.97. The Kier molecular flexibility index (Phi) is 12.5. The number of alkyl halides is 3. The molecule has 0 aliphatic rings. The fraction of sp³-hybridized carbons (Fsp3) is 0.595. The van der Waals surface area contributed by atoms with Crippen LogP contribution in [0.2, 0.25) is 0 Å². The molecule has 0 atom stereocenters. The Labute approximate surface area is 276 Å². The number of esters is 1. The van der Waals surface area contributed by atoms with Crippen molar-refractivity contribution in [3.8, 4) is 22.8 Å². The van der Waals surface area contributed by atoms with Crippen molar-refractivity contribution in [3.63, 3.8) is 0 Å². The highest BCUT2D eigenvalue weighted by molar-refractivity contribution is 5.82. The molecule has 0 bridgehead atoms. The Balaban J connectivity index is 1.42. The number of fused-ring (bicyclic) bond motifs is 1. The Hall–Kier alpha value is -3.56. The molecule has 7 nitrogen and oxygen atoms in total. The second-order valence-electron chi connectivity index (χ2n) is 14.2. The summed E-state index contributed by atoms with van der Waals surface area (Å²) in [5, 5.41) is 0.537. The van der Waals surface area contributed by atoms with Crippen LogP contribution in [0.25, 0.3) is 22.1 Å². The summed E-state index contributed by atoms with van der Waals surface area (Å²) in [6.07, 6.45) is 3.79. The number of halogens is 3. The molecule has 0 saturated carbocycles. The van der Waals surface area contributed by atoms with Gasteiger partial charge in [-0.2, -0.15) is 0 Å². The van der Waals surface area contributed by atoms with Crippen LogP contribution in [0, 0.1) is 16.2 Å². The largest absolute Gasteiger partial charge is 0.573 e. The summed E-state index contributed by atoms with van der Waals surface area (Å²) in [6, 6.07) is 7.49. The minimum absolute atomic E-state index is 0.0360. The molecule has 1 aromatic carbocycles. The van der Waals surface area contributed by atoms with Gasteiger partial charge in [-0.1, -0.05) is 85.8 Å². The maximum absolute atomic E-state index is 12.9. The fourth-order valence-corrected chi connectivity index (χ4v) is 5.32. The summed E-state index contributed by atoms with van der Waals surface area (Å²) in [5.41, 5.74) is -0.564. The summed E-state index contributed by atoms with van der Waals surface area (Å²) in [7, 11) is 0. The van der Waals surface area contributed by atoms with Crippen molar-refractivity contribution in [3.05, 3.63) is 52.5 Å². The second kappa shape index (κ2) is 15.6. The van der Waals surface area contributed by atoms with Gasteiger partial charge in [0.2, 0.25) is 5.88 Å². The summed E-state index contributed by atoms with van der Waals surface area (Å²) in [4.78, 5) is 29.7. The predicted octanol–water partition coefficient (Wildman–Crippen LogP) is 10.1. The quantitative estimate of drug-likeness (QED) is 0.112. The van der Waals surface area contributed by atoms with E-state index in [2.05, 4.69) is 44.3 Å². The summed E-state index contributed by atoms with van der Waals surface area (Å²) >= 11 is 0. The first-order chi connectivity index (χ1) is 21.9. The first-order valence-electron chi connectivity index (χ1n) is 16.5. The van der Waals surface area contributed by atoms with Gasteiger partial charge in [0, 0.05) is 11.5 Å². The molecule has 260 valence electrons. The highest BCUT2D eigenvalue weighted by Gasteiger charge is 2.50. The van der Waals surface area contributed by atoms with Crippen LogP contribution < -0.4 is 15.1 Å². The van der Waals surface area contributed by atoms with E-state index in [4.69, 9.17) is 13.9 Å². The number of rotatable bonds is 16. The third-order valence-electron chi connectivity index (χ3n) is 9.80. The molecular formula is C37H50F3NO6. The molecule has 3 rings (SSSR count). The number of hydrogen-bond acceptors (Lipinski definition) is 7. The topological polar surface area (TPSA) is 87.9 Å². The van der Waals surface area contributed by atoms with Gasteiger partial charge in [0.15, 0.2) is 5.58 Å². The lowest BCUT2D eigenvalue weighted by atomic mass is 9.55. The molecule has 0 aliphatic carbocycles. The highest BCUT2D eigenvalue weighted by Crippen LogP contribution is 2.51. The van der Waals surface area contributed by atoms with E-state index in [-0.39, 0.29) is 39.3 Å². The van der Waals surface area contributed by atoms with Crippen LogP contribution in [0.3, 0.4) is 0 Å². The van der Waals surface area contributed by atoms with E-state index < -0.39 is 17.4 Å². The average Bonchev–Trinajstić information content (AvgIpc) is 2.98. The number of nitrogens with zero attached hydrogens (tertiary/aromatic N) is 1. The summed E-state index contributed by atoms with van der Waals surface area (Å²) in [6.45, 7) is 17.3. The molecule has 0 radical (unpaired) electrons. The molecule has 0 N–H and O–H groups in total. The molecule has 0 saturated heterocycles. The monoisotopic (exact) mass is 661 g/mol. The number of pyridine rings is 1. The van der Waals surface area contributed by atoms with Crippen molar-refractivity contribution in [1.82, 2.24) is 4.98 Å². The van der Waals surface area contributed by atoms with Crippen molar-refractivity contribution < 1.29 is 36.6 Å². The first kappa shape index (κ1) is 37.9. The van der Waals surface area contributed by atoms with Gasteiger partial charge in [-0.05, 0) is 67.2 Å². The maximum Gasteiger partial charge on any atom is 0.573 e. The Morgan fingerprint density at radius 3 is 2.06 bits per heavy atom. The fourth-order valence-electron chi connectivity index (χ4n) is 5.32. The molecule has 3 aromatic rings. The Morgan fingerprint density at radius 1 is 0.851 bits per heavy atom. The number of benzene rings is 1. The van der Waals surface area contributed by atoms with E-state index in [1.54, 1.807) is 25.1 Å². The van der Waals surface area contributed by atoms with Crippen LogP contribution in [0.4, 0.5) is 13.2 Å². The number of hydrogen-bond donors (Lipinski definition) is 0. The van der Waals surface area contributed by atoms with Gasteiger partial charge in [-0.15, -0.1) is 13.2 Å². The molecule has 0 spiro atoms. The molecule has 0 unspecified atom stereocenters. The van der Waals surface area contributed by atoms with Crippen LogP contribution >= 0.6 is 0 Å². The summed E-state index contributed by atoms with van der Waals surface area (Å²) < 4.78 is 59.9. The van der Waals surface area contributed by atoms with E-state index in [0.29, 0.717) is 36.5 Å². The van der Waals surface area contributed by atoms with Crippen LogP contribution in [-0.2, 0) is 16.0 Å². The maximum atomic E-state index is 12.9. The van der Waals surface area contributed by atoms with Crippen molar-refractivity contribution >= 4 is 16.9 Å². The lowest BCUT2D eigenvalue weighted by Crippen LogP contribution is -2.48. The Bertz CT molecular complexity index is 1550. The Morgan fingerprint density at radius 2 is 1.47 bits per heavy atom. The molecule has 2 aromatic heterocycles. The lowest BCUT2D eigenvalue weighted by molar-refractivity contribution is -0.274. The number of aryl methyl sites for hydroxylation is 1.